The summed E-state index contributed by atoms with van der Waals surface area (Å²) >= 11 is 0. The Bertz CT molecular complexity index is 1360. The maximum atomic E-state index is 13.4. The van der Waals surface area contributed by atoms with Crippen LogP contribution < -0.4 is 10.3 Å². The molecule has 5 rings (SSSR count). The van der Waals surface area contributed by atoms with E-state index in [9.17, 15) is 19.8 Å². The van der Waals surface area contributed by atoms with Crippen molar-refractivity contribution in [2.24, 2.45) is 0 Å². The molecule has 0 bridgehead atoms. The molecule has 4 heterocycles. The minimum Gasteiger partial charge on any atom is -0.437 e. The third-order valence-corrected chi connectivity index (χ3v) is 6.66. The number of carbonyl (C=O) groups excluding carboxylic acids is 1. The molecule has 2 aliphatic rings. The molecule has 9 nitrogen and oxygen atoms in total. The number of nitrogens with zero attached hydrogens (tertiary/aromatic N) is 2. The van der Waals surface area contributed by atoms with E-state index in [2.05, 4.69) is 4.74 Å². The number of aryl methyl sites for hydroxylation is 1. The van der Waals surface area contributed by atoms with Gasteiger partial charge >= 0.3 is 6.16 Å². The van der Waals surface area contributed by atoms with Gasteiger partial charge in [-0.2, -0.15) is 0 Å². The van der Waals surface area contributed by atoms with Crippen LogP contribution in [0, 0.1) is 0 Å². The van der Waals surface area contributed by atoms with Gasteiger partial charge in [-0.15, -0.1) is 0 Å². The summed E-state index contributed by atoms with van der Waals surface area (Å²) in [5.41, 5.74) is 2.65. The van der Waals surface area contributed by atoms with Crippen molar-refractivity contribution >= 4 is 17.1 Å². The summed E-state index contributed by atoms with van der Waals surface area (Å²) in [5.74, 6) is 0.341. The predicted molar refractivity (Wildman–Crippen MR) is 118 cm³/mol. The molecule has 2 aromatic heterocycles. The number of aliphatic hydroxyl groups excluding tert-OH is 1. The van der Waals surface area contributed by atoms with Crippen LogP contribution in [0.4, 0.5) is 4.79 Å². The van der Waals surface area contributed by atoms with Crippen molar-refractivity contribution in [2.45, 2.75) is 51.7 Å². The van der Waals surface area contributed by atoms with Gasteiger partial charge in [0.05, 0.1) is 37.2 Å². The standard InChI is InChI=1S/C24H24N2O7/c1-4-13-14-8-12(33-23(29)31-3)6-7-18(14)25-20-15(13)10-26-19(20)9-17-16(21(26)27)11-32-22(28)24(17,30)5-2/h6-9,22,28,30H,4-5,10-11H2,1-3H3/t22?,24-/m0/s1. The van der Waals surface area contributed by atoms with E-state index in [0.29, 0.717) is 46.7 Å². The zero-order chi connectivity index (χ0) is 23.5. The van der Waals surface area contributed by atoms with Crippen molar-refractivity contribution in [3.05, 3.63) is 56.9 Å². The van der Waals surface area contributed by atoms with Gasteiger partial charge in [-0.25, -0.2) is 9.78 Å². The molecule has 1 aromatic carbocycles. The number of fused-ring (bicyclic) bond motifs is 5. The first-order valence-electron chi connectivity index (χ1n) is 10.8. The first kappa shape index (κ1) is 21.6. The number of pyridine rings is 2. The number of aromatic nitrogens is 2. The topological polar surface area (TPSA) is 120 Å². The first-order chi connectivity index (χ1) is 15.8. The quantitative estimate of drug-likeness (QED) is 0.360. The SMILES string of the molecule is CCc1c2c(nc3ccc(OC(=O)OC)cc13)-c1cc3c(c(=O)n1C2)COC(O)[C@]3(O)CC. The number of ether oxygens (including phenoxy) is 3. The molecule has 0 amide bonds. The van der Waals surface area contributed by atoms with Crippen LogP contribution in [0.15, 0.2) is 29.1 Å². The maximum absolute atomic E-state index is 13.4. The summed E-state index contributed by atoms with van der Waals surface area (Å²) in [6, 6.07) is 6.89. The Hall–Kier alpha value is -3.27. The fourth-order valence-electron chi connectivity index (χ4n) is 4.86. The highest BCUT2D eigenvalue weighted by molar-refractivity contribution is 5.89. The van der Waals surface area contributed by atoms with Gasteiger partial charge in [0.15, 0.2) is 6.29 Å². The smallest absolute Gasteiger partial charge is 0.437 e. The summed E-state index contributed by atoms with van der Waals surface area (Å²) in [5, 5.41) is 22.2. The minimum atomic E-state index is -1.67. The van der Waals surface area contributed by atoms with Crippen LogP contribution in [0.1, 0.15) is 42.5 Å². The van der Waals surface area contributed by atoms with Gasteiger partial charge < -0.3 is 29.0 Å². The van der Waals surface area contributed by atoms with E-state index in [1.165, 1.54) is 7.11 Å². The zero-order valence-electron chi connectivity index (χ0n) is 18.5. The molecular formula is C24H24N2O7. The molecule has 0 aliphatic carbocycles. The number of methoxy groups -OCH3 is 1. The van der Waals surface area contributed by atoms with Gasteiger partial charge in [0.25, 0.3) is 5.56 Å². The average molecular weight is 452 g/mol. The van der Waals surface area contributed by atoms with Crippen molar-refractivity contribution in [1.82, 2.24) is 9.55 Å². The number of rotatable bonds is 3. The normalized spacial score (nSPS) is 20.8. The van der Waals surface area contributed by atoms with Gasteiger partial charge in [-0.3, -0.25) is 4.79 Å². The lowest BCUT2D eigenvalue weighted by Gasteiger charge is -2.37. The first-order valence-corrected chi connectivity index (χ1v) is 10.8. The summed E-state index contributed by atoms with van der Waals surface area (Å²) in [6.45, 7) is 4.01. The molecule has 9 heteroatoms. The fourth-order valence-corrected chi connectivity index (χ4v) is 4.86. The van der Waals surface area contributed by atoms with Crippen LogP contribution >= 0.6 is 0 Å². The maximum Gasteiger partial charge on any atom is 0.513 e. The Morgan fingerprint density at radius 1 is 1.30 bits per heavy atom. The van der Waals surface area contributed by atoms with Gasteiger partial charge in [0.2, 0.25) is 0 Å². The van der Waals surface area contributed by atoms with E-state index < -0.39 is 18.0 Å². The van der Waals surface area contributed by atoms with E-state index in [-0.39, 0.29) is 18.6 Å². The Morgan fingerprint density at radius 3 is 2.79 bits per heavy atom. The molecule has 2 N–H and O–H groups in total. The molecule has 0 fully saturated rings. The van der Waals surface area contributed by atoms with E-state index in [4.69, 9.17) is 14.5 Å². The Labute approximate surface area is 189 Å². The Morgan fingerprint density at radius 2 is 2.09 bits per heavy atom. The molecule has 172 valence electrons. The summed E-state index contributed by atoms with van der Waals surface area (Å²) in [7, 11) is 1.24. The van der Waals surface area contributed by atoms with E-state index in [1.807, 2.05) is 6.92 Å². The lowest BCUT2D eigenvalue weighted by atomic mass is 9.85. The lowest BCUT2D eigenvalue weighted by Crippen LogP contribution is -2.47. The highest BCUT2D eigenvalue weighted by Crippen LogP contribution is 2.41. The van der Waals surface area contributed by atoms with E-state index in [1.54, 1.807) is 35.8 Å². The molecule has 1 unspecified atom stereocenters. The minimum absolute atomic E-state index is 0.0709. The van der Waals surface area contributed by atoms with Gasteiger partial charge in [0.1, 0.15) is 11.4 Å². The second-order valence-corrected chi connectivity index (χ2v) is 8.26. The second kappa shape index (κ2) is 7.65. The number of hydrogen-bond donors (Lipinski definition) is 2. The summed E-state index contributed by atoms with van der Waals surface area (Å²) in [6.07, 6.45) is -1.36. The van der Waals surface area contributed by atoms with Crippen LogP contribution in [0.5, 0.6) is 5.75 Å². The highest BCUT2D eigenvalue weighted by Gasteiger charge is 2.44. The van der Waals surface area contributed by atoms with E-state index >= 15 is 0 Å². The largest absolute Gasteiger partial charge is 0.513 e. The highest BCUT2D eigenvalue weighted by atomic mass is 16.7. The van der Waals surface area contributed by atoms with Crippen LogP contribution in [0.25, 0.3) is 22.3 Å². The lowest BCUT2D eigenvalue weighted by molar-refractivity contribution is -0.236. The zero-order valence-corrected chi connectivity index (χ0v) is 18.5. The molecule has 2 aliphatic heterocycles. The molecule has 0 saturated carbocycles. The summed E-state index contributed by atoms with van der Waals surface area (Å²) < 4.78 is 16.7. The van der Waals surface area contributed by atoms with E-state index in [0.717, 1.165) is 16.5 Å². The molecule has 3 aromatic rings. The van der Waals surface area contributed by atoms with Crippen LogP contribution in [-0.4, -0.2) is 39.3 Å². The molecular weight excluding hydrogens is 428 g/mol. The van der Waals surface area contributed by atoms with Crippen molar-refractivity contribution in [1.29, 1.82) is 0 Å². The van der Waals surface area contributed by atoms with Gasteiger partial charge in [-0.05, 0) is 42.7 Å². The fraction of sp³-hybridized carbons (Fsp3) is 0.375. The van der Waals surface area contributed by atoms with Crippen molar-refractivity contribution in [2.75, 3.05) is 7.11 Å². The predicted octanol–water partition coefficient (Wildman–Crippen LogP) is 2.58. The molecule has 33 heavy (non-hydrogen) atoms. The Kier molecular flexibility index (Phi) is 5.00. The Balaban J connectivity index is 1.72. The molecule has 2 atom stereocenters. The van der Waals surface area contributed by atoms with Crippen LogP contribution in [0.2, 0.25) is 0 Å². The molecule has 0 radical (unpaired) electrons. The van der Waals surface area contributed by atoms with Crippen molar-refractivity contribution in [3.8, 4) is 17.1 Å². The van der Waals surface area contributed by atoms with Gasteiger partial charge in [0, 0.05) is 22.1 Å². The molecule has 0 spiro atoms. The van der Waals surface area contributed by atoms with Crippen molar-refractivity contribution in [3.63, 3.8) is 0 Å². The third kappa shape index (κ3) is 3.07. The second-order valence-electron chi connectivity index (χ2n) is 8.26. The van der Waals surface area contributed by atoms with Crippen LogP contribution in [-0.2, 0) is 34.6 Å². The summed E-state index contributed by atoms with van der Waals surface area (Å²) in [4.78, 5) is 29.7. The average Bonchev–Trinajstić information content (AvgIpc) is 3.18. The van der Waals surface area contributed by atoms with Crippen molar-refractivity contribution < 1.29 is 29.2 Å². The molecule has 0 saturated heterocycles. The van der Waals surface area contributed by atoms with Gasteiger partial charge in [-0.1, -0.05) is 13.8 Å². The number of hydrogen-bond acceptors (Lipinski definition) is 8. The van der Waals surface area contributed by atoms with Crippen LogP contribution in [0.3, 0.4) is 0 Å². The number of carbonyl (C=O) groups is 1. The number of aliphatic hydroxyl groups is 2. The monoisotopic (exact) mass is 452 g/mol. The number of benzene rings is 1. The third-order valence-electron chi connectivity index (χ3n) is 6.66.